The highest BCUT2D eigenvalue weighted by molar-refractivity contribution is 5.44. The van der Waals surface area contributed by atoms with Gasteiger partial charge in [0.2, 0.25) is 0 Å². The van der Waals surface area contributed by atoms with Crippen LogP contribution in [0.5, 0.6) is 0 Å². The maximum Gasteiger partial charge on any atom is 0.0997 e. The third-order valence-electron chi connectivity index (χ3n) is 3.29. The summed E-state index contributed by atoms with van der Waals surface area (Å²) in [6, 6.07) is 8.34. The van der Waals surface area contributed by atoms with E-state index in [0.717, 1.165) is 17.8 Å². The van der Waals surface area contributed by atoms with Gasteiger partial charge in [-0.15, -0.1) is 0 Å². The standard InChI is InChI=1S/C14H19N3/c1-4-13(15)12-7-5-6-8-14(12)17-9-16-10(2)11(17)3/h5-9,13H,4,15H2,1-3H3/t13-/m0/s1. The zero-order chi connectivity index (χ0) is 12.4. The van der Waals surface area contributed by atoms with Gasteiger partial charge in [0, 0.05) is 11.7 Å². The quantitative estimate of drug-likeness (QED) is 0.879. The molecule has 0 aliphatic heterocycles. The average molecular weight is 229 g/mol. The Morgan fingerprint density at radius 1 is 1.29 bits per heavy atom. The smallest absolute Gasteiger partial charge is 0.0997 e. The fourth-order valence-corrected chi connectivity index (χ4v) is 1.98. The number of hydrogen-bond donors (Lipinski definition) is 1. The molecule has 2 aromatic rings. The lowest BCUT2D eigenvalue weighted by molar-refractivity contribution is 0.691. The molecule has 2 N–H and O–H groups in total. The van der Waals surface area contributed by atoms with Gasteiger partial charge in [0.25, 0.3) is 0 Å². The van der Waals surface area contributed by atoms with E-state index in [1.807, 2.05) is 25.4 Å². The minimum Gasteiger partial charge on any atom is -0.324 e. The Hall–Kier alpha value is -1.61. The van der Waals surface area contributed by atoms with Crippen LogP contribution in [-0.4, -0.2) is 9.55 Å². The second-order valence-corrected chi connectivity index (χ2v) is 4.36. The Bertz CT molecular complexity index is 514. The number of imidazole rings is 1. The molecular formula is C14H19N3. The summed E-state index contributed by atoms with van der Waals surface area (Å²) in [5.74, 6) is 0. The molecule has 0 aliphatic carbocycles. The maximum absolute atomic E-state index is 6.16. The molecule has 0 saturated heterocycles. The third-order valence-corrected chi connectivity index (χ3v) is 3.29. The average Bonchev–Trinajstić information content (AvgIpc) is 2.69. The lowest BCUT2D eigenvalue weighted by Crippen LogP contribution is -2.12. The van der Waals surface area contributed by atoms with Crippen molar-refractivity contribution in [3.8, 4) is 5.69 Å². The summed E-state index contributed by atoms with van der Waals surface area (Å²) in [5.41, 5.74) is 10.7. The number of aromatic nitrogens is 2. The number of aryl methyl sites for hydroxylation is 1. The Morgan fingerprint density at radius 2 is 2.00 bits per heavy atom. The number of benzene rings is 1. The zero-order valence-corrected chi connectivity index (χ0v) is 10.6. The van der Waals surface area contributed by atoms with Crippen LogP contribution in [0.25, 0.3) is 5.69 Å². The normalized spacial score (nSPS) is 12.7. The predicted molar refractivity (Wildman–Crippen MR) is 70.3 cm³/mol. The highest BCUT2D eigenvalue weighted by Gasteiger charge is 2.12. The van der Waals surface area contributed by atoms with E-state index in [1.54, 1.807) is 0 Å². The van der Waals surface area contributed by atoms with Crippen LogP contribution >= 0.6 is 0 Å². The van der Waals surface area contributed by atoms with Crippen molar-refractivity contribution in [1.82, 2.24) is 9.55 Å². The monoisotopic (exact) mass is 229 g/mol. The van der Waals surface area contributed by atoms with E-state index in [0.29, 0.717) is 0 Å². The van der Waals surface area contributed by atoms with Gasteiger partial charge in [-0.2, -0.15) is 0 Å². The summed E-state index contributed by atoms with van der Waals surface area (Å²) >= 11 is 0. The van der Waals surface area contributed by atoms with Gasteiger partial charge in [0.1, 0.15) is 0 Å². The first-order chi connectivity index (χ1) is 8.15. The van der Waals surface area contributed by atoms with Crippen molar-refractivity contribution < 1.29 is 0 Å². The SMILES string of the molecule is CC[C@H](N)c1ccccc1-n1cnc(C)c1C. The third kappa shape index (κ3) is 2.11. The van der Waals surface area contributed by atoms with E-state index in [9.17, 15) is 0 Å². The van der Waals surface area contributed by atoms with E-state index in [2.05, 4.69) is 35.5 Å². The van der Waals surface area contributed by atoms with Gasteiger partial charge >= 0.3 is 0 Å². The maximum atomic E-state index is 6.16. The molecule has 0 spiro atoms. The molecule has 0 amide bonds. The predicted octanol–water partition coefficient (Wildman–Crippen LogP) is 2.90. The summed E-state index contributed by atoms with van der Waals surface area (Å²) in [6.45, 7) is 6.21. The van der Waals surface area contributed by atoms with E-state index in [4.69, 9.17) is 5.73 Å². The van der Waals surface area contributed by atoms with Crippen LogP contribution in [0.1, 0.15) is 36.3 Å². The Morgan fingerprint density at radius 3 is 2.59 bits per heavy atom. The molecule has 3 heteroatoms. The summed E-state index contributed by atoms with van der Waals surface area (Å²) in [7, 11) is 0. The molecule has 2 rings (SSSR count). The molecule has 1 atom stereocenters. The van der Waals surface area contributed by atoms with E-state index < -0.39 is 0 Å². The molecular weight excluding hydrogens is 210 g/mol. The highest BCUT2D eigenvalue weighted by atomic mass is 15.1. The molecule has 1 aromatic carbocycles. The van der Waals surface area contributed by atoms with Crippen molar-refractivity contribution in [2.45, 2.75) is 33.2 Å². The van der Waals surface area contributed by atoms with Crippen molar-refractivity contribution >= 4 is 0 Å². The van der Waals surface area contributed by atoms with Gasteiger partial charge in [-0.25, -0.2) is 4.98 Å². The minimum absolute atomic E-state index is 0.0771. The highest BCUT2D eigenvalue weighted by Crippen LogP contribution is 2.23. The van der Waals surface area contributed by atoms with Crippen LogP contribution in [0, 0.1) is 13.8 Å². The number of nitrogens with two attached hydrogens (primary N) is 1. The van der Waals surface area contributed by atoms with Gasteiger partial charge in [0.05, 0.1) is 17.7 Å². The lowest BCUT2D eigenvalue weighted by Gasteiger charge is -2.16. The molecule has 1 heterocycles. The van der Waals surface area contributed by atoms with Crippen LogP contribution in [0.15, 0.2) is 30.6 Å². The van der Waals surface area contributed by atoms with Crippen molar-refractivity contribution in [2.24, 2.45) is 5.73 Å². The Kier molecular flexibility index (Phi) is 3.29. The second kappa shape index (κ2) is 4.72. The number of nitrogens with zero attached hydrogens (tertiary/aromatic N) is 2. The first kappa shape index (κ1) is 11.9. The minimum atomic E-state index is 0.0771. The van der Waals surface area contributed by atoms with Crippen molar-refractivity contribution in [3.05, 3.63) is 47.5 Å². The molecule has 0 bridgehead atoms. The molecule has 0 fully saturated rings. The van der Waals surface area contributed by atoms with Crippen molar-refractivity contribution in [3.63, 3.8) is 0 Å². The van der Waals surface area contributed by atoms with Gasteiger partial charge in [-0.1, -0.05) is 25.1 Å². The van der Waals surface area contributed by atoms with Crippen LogP contribution in [0.4, 0.5) is 0 Å². The number of para-hydroxylation sites is 1. The molecule has 0 unspecified atom stereocenters. The van der Waals surface area contributed by atoms with Crippen LogP contribution in [0.2, 0.25) is 0 Å². The Balaban J connectivity index is 2.56. The van der Waals surface area contributed by atoms with Crippen LogP contribution in [0.3, 0.4) is 0 Å². The molecule has 3 nitrogen and oxygen atoms in total. The molecule has 0 saturated carbocycles. The van der Waals surface area contributed by atoms with E-state index >= 15 is 0 Å². The number of hydrogen-bond acceptors (Lipinski definition) is 2. The molecule has 1 aromatic heterocycles. The van der Waals surface area contributed by atoms with Gasteiger partial charge in [0.15, 0.2) is 0 Å². The first-order valence-electron chi connectivity index (χ1n) is 6.00. The first-order valence-corrected chi connectivity index (χ1v) is 6.00. The molecule has 17 heavy (non-hydrogen) atoms. The van der Waals surface area contributed by atoms with Crippen molar-refractivity contribution in [1.29, 1.82) is 0 Å². The van der Waals surface area contributed by atoms with Crippen LogP contribution in [-0.2, 0) is 0 Å². The van der Waals surface area contributed by atoms with Crippen LogP contribution < -0.4 is 5.73 Å². The lowest BCUT2D eigenvalue weighted by atomic mass is 10.0. The van der Waals surface area contributed by atoms with Gasteiger partial charge in [-0.3, -0.25) is 0 Å². The van der Waals surface area contributed by atoms with Gasteiger partial charge < -0.3 is 10.3 Å². The fraction of sp³-hybridized carbons (Fsp3) is 0.357. The molecule has 90 valence electrons. The van der Waals surface area contributed by atoms with Crippen molar-refractivity contribution in [2.75, 3.05) is 0 Å². The largest absolute Gasteiger partial charge is 0.324 e. The zero-order valence-electron chi connectivity index (χ0n) is 10.6. The second-order valence-electron chi connectivity index (χ2n) is 4.36. The van der Waals surface area contributed by atoms with Gasteiger partial charge in [-0.05, 0) is 31.9 Å². The number of rotatable bonds is 3. The Labute approximate surface area is 102 Å². The fourth-order valence-electron chi connectivity index (χ4n) is 1.98. The summed E-state index contributed by atoms with van der Waals surface area (Å²) in [4.78, 5) is 4.34. The molecule has 0 aliphatic rings. The van der Waals surface area contributed by atoms with E-state index in [-0.39, 0.29) is 6.04 Å². The summed E-state index contributed by atoms with van der Waals surface area (Å²) in [6.07, 6.45) is 2.80. The molecule has 0 radical (unpaired) electrons. The van der Waals surface area contributed by atoms with E-state index in [1.165, 1.54) is 11.3 Å². The topological polar surface area (TPSA) is 43.8 Å². The summed E-state index contributed by atoms with van der Waals surface area (Å²) < 4.78 is 2.11. The summed E-state index contributed by atoms with van der Waals surface area (Å²) in [5, 5.41) is 0.